The van der Waals surface area contributed by atoms with Gasteiger partial charge in [-0.15, -0.1) is 0 Å². The molecule has 1 amide bonds. The van der Waals surface area contributed by atoms with Gasteiger partial charge in [0.15, 0.2) is 0 Å². The second kappa shape index (κ2) is 10.0. The maximum Gasteiger partial charge on any atom is 0.305 e. The Morgan fingerprint density at radius 2 is 1.91 bits per heavy atom. The lowest BCUT2D eigenvalue weighted by molar-refractivity contribution is -0.139. The van der Waals surface area contributed by atoms with Crippen molar-refractivity contribution < 1.29 is 19.4 Å². The smallest absolute Gasteiger partial charge is 0.305 e. The van der Waals surface area contributed by atoms with E-state index >= 15 is 0 Å². The van der Waals surface area contributed by atoms with Crippen molar-refractivity contribution in [3.05, 3.63) is 35.9 Å². The van der Waals surface area contributed by atoms with Crippen LogP contribution in [0.5, 0.6) is 0 Å². The molecule has 5 heteroatoms. The number of carbonyl (C=O) groups excluding carboxylic acids is 1. The van der Waals surface area contributed by atoms with Gasteiger partial charge in [0.1, 0.15) is 0 Å². The van der Waals surface area contributed by atoms with Gasteiger partial charge in [0.05, 0.1) is 13.0 Å². The summed E-state index contributed by atoms with van der Waals surface area (Å²) in [5.41, 5.74) is 0.550. The second-order valence-corrected chi connectivity index (χ2v) is 5.98. The van der Waals surface area contributed by atoms with Gasteiger partial charge >= 0.3 is 5.97 Å². The first-order chi connectivity index (χ1) is 10.9. The van der Waals surface area contributed by atoms with E-state index in [1.807, 2.05) is 25.1 Å². The van der Waals surface area contributed by atoms with Crippen LogP contribution in [0.15, 0.2) is 30.3 Å². The van der Waals surface area contributed by atoms with Crippen LogP contribution >= 0.6 is 0 Å². The van der Waals surface area contributed by atoms with Crippen molar-refractivity contribution in [2.45, 2.75) is 51.5 Å². The third-order valence-corrected chi connectivity index (χ3v) is 3.83. The number of carboxylic acids is 1. The van der Waals surface area contributed by atoms with E-state index in [9.17, 15) is 9.59 Å². The van der Waals surface area contributed by atoms with Gasteiger partial charge in [0.25, 0.3) is 0 Å². The SMILES string of the molecule is CC[C@@](C)(CC(=O)O)NC(=O)CCCOCCc1ccccc1. The largest absolute Gasteiger partial charge is 0.481 e. The third kappa shape index (κ3) is 8.35. The van der Waals surface area contributed by atoms with Crippen LogP contribution < -0.4 is 5.32 Å². The highest BCUT2D eigenvalue weighted by atomic mass is 16.5. The van der Waals surface area contributed by atoms with E-state index in [1.54, 1.807) is 6.92 Å². The maximum atomic E-state index is 11.9. The summed E-state index contributed by atoms with van der Waals surface area (Å²) in [6.07, 6.45) is 2.36. The van der Waals surface area contributed by atoms with Gasteiger partial charge in [0, 0.05) is 18.6 Å². The van der Waals surface area contributed by atoms with Crippen LogP contribution in [0.4, 0.5) is 0 Å². The van der Waals surface area contributed by atoms with Crippen LogP contribution in [0.3, 0.4) is 0 Å². The van der Waals surface area contributed by atoms with E-state index in [0.29, 0.717) is 32.5 Å². The Morgan fingerprint density at radius 3 is 2.52 bits per heavy atom. The fourth-order valence-corrected chi connectivity index (χ4v) is 2.26. The van der Waals surface area contributed by atoms with Gasteiger partial charge in [-0.1, -0.05) is 37.3 Å². The topological polar surface area (TPSA) is 75.6 Å². The number of rotatable bonds is 11. The van der Waals surface area contributed by atoms with E-state index in [4.69, 9.17) is 9.84 Å². The third-order valence-electron chi connectivity index (χ3n) is 3.83. The predicted octanol–water partition coefficient (Wildman–Crippen LogP) is 2.79. The van der Waals surface area contributed by atoms with Gasteiger partial charge in [-0.25, -0.2) is 0 Å². The summed E-state index contributed by atoms with van der Waals surface area (Å²) in [4.78, 5) is 22.7. The molecular weight excluding hydrogens is 294 g/mol. The van der Waals surface area contributed by atoms with Gasteiger partial charge < -0.3 is 15.2 Å². The minimum atomic E-state index is -0.904. The Morgan fingerprint density at radius 1 is 1.22 bits per heavy atom. The quantitative estimate of drug-likeness (QED) is 0.615. The first-order valence-corrected chi connectivity index (χ1v) is 8.09. The maximum absolute atomic E-state index is 11.9. The second-order valence-electron chi connectivity index (χ2n) is 5.98. The lowest BCUT2D eigenvalue weighted by atomic mass is 9.94. The van der Waals surface area contributed by atoms with Crippen molar-refractivity contribution in [2.75, 3.05) is 13.2 Å². The molecule has 0 aliphatic carbocycles. The number of ether oxygens (including phenoxy) is 1. The van der Waals surface area contributed by atoms with Crippen LogP contribution in [0.2, 0.25) is 0 Å². The van der Waals surface area contributed by atoms with E-state index in [0.717, 1.165) is 6.42 Å². The van der Waals surface area contributed by atoms with Gasteiger partial charge in [-0.3, -0.25) is 9.59 Å². The molecule has 0 aromatic heterocycles. The standard InChI is InChI=1S/C18H27NO4/c1-3-18(2,14-17(21)22)19-16(20)10-7-12-23-13-11-15-8-5-4-6-9-15/h4-6,8-9H,3,7,10-14H2,1-2H3,(H,19,20)(H,21,22)/t18-/m0/s1. The van der Waals surface area contributed by atoms with Gasteiger partial charge in [-0.2, -0.15) is 0 Å². The molecule has 1 aromatic carbocycles. The van der Waals surface area contributed by atoms with E-state index in [2.05, 4.69) is 17.4 Å². The Kier molecular flexibility index (Phi) is 8.33. The molecule has 1 rings (SSSR count). The first-order valence-electron chi connectivity index (χ1n) is 8.09. The van der Waals surface area contributed by atoms with Crippen molar-refractivity contribution in [3.8, 4) is 0 Å². The minimum Gasteiger partial charge on any atom is -0.481 e. The highest BCUT2D eigenvalue weighted by Gasteiger charge is 2.27. The zero-order valence-electron chi connectivity index (χ0n) is 14.0. The van der Waals surface area contributed by atoms with Gasteiger partial charge in [-0.05, 0) is 31.7 Å². The van der Waals surface area contributed by atoms with Crippen molar-refractivity contribution in [1.29, 1.82) is 0 Å². The molecule has 23 heavy (non-hydrogen) atoms. The van der Waals surface area contributed by atoms with Crippen LogP contribution in [0.1, 0.15) is 45.1 Å². The predicted molar refractivity (Wildman–Crippen MR) is 89.3 cm³/mol. The van der Waals surface area contributed by atoms with Crippen molar-refractivity contribution in [3.63, 3.8) is 0 Å². The zero-order chi connectivity index (χ0) is 17.1. The fourth-order valence-electron chi connectivity index (χ4n) is 2.26. The lowest BCUT2D eigenvalue weighted by Gasteiger charge is -2.27. The molecular formula is C18H27NO4. The first kappa shape index (κ1) is 19.2. The number of hydrogen-bond donors (Lipinski definition) is 2. The number of carboxylic acid groups (broad SMARTS) is 1. The molecule has 0 bridgehead atoms. The highest BCUT2D eigenvalue weighted by Crippen LogP contribution is 2.14. The number of amides is 1. The van der Waals surface area contributed by atoms with Crippen LogP contribution in [0, 0.1) is 0 Å². The summed E-state index contributed by atoms with van der Waals surface area (Å²) in [6.45, 7) is 4.80. The Hall–Kier alpha value is -1.88. The molecule has 0 unspecified atom stereocenters. The van der Waals surface area contributed by atoms with Crippen LogP contribution in [0.25, 0.3) is 0 Å². The summed E-state index contributed by atoms with van der Waals surface area (Å²) in [5.74, 6) is -1.03. The Balaban J connectivity index is 2.15. The molecule has 0 heterocycles. The summed E-state index contributed by atoms with van der Waals surface area (Å²) >= 11 is 0. The number of carbonyl (C=O) groups is 2. The van der Waals surface area contributed by atoms with E-state index in [1.165, 1.54) is 5.56 Å². The molecule has 1 atom stereocenters. The van der Waals surface area contributed by atoms with E-state index in [-0.39, 0.29) is 12.3 Å². The molecule has 128 valence electrons. The molecule has 0 spiro atoms. The van der Waals surface area contributed by atoms with Gasteiger partial charge in [0.2, 0.25) is 5.91 Å². The monoisotopic (exact) mass is 321 g/mol. The molecule has 5 nitrogen and oxygen atoms in total. The lowest BCUT2D eigenvalue weighted by Crippen LogP contribution is -2.47. The Bertz CT molecular complexity index is 489. The molecule has 0 saturated carbocycles. The molecule has 0 saturated heterocycles. The van der Waals surface area contributed by atoms with Crippen molar-refractivity contribution in [1.82, 2.24) is 5.32 Å². The van der Waals surface area contributed by atoms with Crippen molar-refractivity contribution >= 4 is 11.9 Å². The molecule has 0 aliphatic rings. The number of benzene rings is 1. The molecule has 0 aliphatic heterocycles. The summed E-state index contributed by atoms with van der Waals surface area (Å²) in [6, 6.07) is 10.1. The number of nitrogens with one attached hydrogen (secondary N) is 1. The van der Waals surface area contributed by atoms with Crippen molar-refractivity contribution in [2.24, 2.45) is 0 Å². The average Bonchev–Trinajstić information content (AvgIpc) is 2.51. The zero-order valence-corrected chi connectivity index (χ0v) is 14.0. The summed E-state index contributed by atoms with van der Waals surface area (Å²) < 4.78 is 5.53. The molecule has 0 fully saturated rings. The molecule has 1 aromatic rings. The summed E-state index contributed by atoms with van der Waals surface area (Å²) in [7, 11) is 0. The van der Waals surface area contributed by atoms with E-state index < -0.39 is 11.5 Å². The summed E-state index contributed by atoms with van der Waals surface area (Å²) in [5, 5.41) is 11.7. The fraction of sp³-hybridized carbons (Fsp3) is 0.556. The van der Waals surface area contributed by atoms with Crippen LogP contribution in [-0.4, -0.2) is 35.7 Å². The number of hydrogen-bond acceptors (Lipinski definition) is 3. The van der Waals surface area contributed by atoms with Crippen LogP contribution in [-0.2, 0) is 20.7 Å². The molecule has 0 radical (unpaired) electrons. The number of aliphatic carboxylic acids is 1. The Labute approximate surface area is 138 Å². The minimum absolute atomic E-state index is 0.0667. The normalized spacial score (nSPS) is 13.3. The average molecular weight is 321 g/mol. The molecule has 2 N–H and O–H groups in total. The highest BCUT2D eigenvalue weighted by molar-refractivity contribution is 5.78.